The molecule has 1 aliphatic rings. The third-order valence-electron chi connectivity index (χ3n) is 4.23. The molecule has 0 bridgehead atoms. The highest BCUT2D eigenvalue weighted by Crippen LogP contribution is 2.23. The van der Waals surface area contributed by atoms with Gasteiger partial charge in [-0.25, -0.2) is 9.97 Å². The molecule has 7 heteroatoms. The van der Waals surface area contributed by atoms with Crippen molar-refractivity contribution in [3.8, 4) is 5.75 Å². The van der Waals surface area contributed by atoms with E-state index >= 15 is 0 Å². The smallest absolute Gasteiger partial charge is 0.251 e. The minimum absolute atomic E-state index is 0.0860. The molecule has 1 unspecified atom stereocenters. The molecule has 0 aliphatic carbocycles. The maximum atomic E-state index is 12.3. The van der Waals surface area contributed by atoms with Gasteiger partial charge in [0.05, 0.1) is 12.6 Å². The lowest BCUT2D eigenvalue weighted by Crippen LogP contribution is -2.45. The van der Waals surface area contributed by atoms with Gasteiger partial charge in [0.1, 0.15) is 11.4 Å². The zero-order valence-electron chi connectivity index (χ0n) is 15.1. The van der Waals surface area contributed by atoms with Crippen LogP contribution < -0.4 is 15.0 Å². The van der Waals surface area contributed by atoms with Crippen LogP contribution in [0.15, 0.2) is 42.7 Å². The number of rotatable bonds is 6. The Balaban J connectivity index is 1.54. The Morgan fingerprint density at radius 3 is 2.65 bits per heavy atom. The van der Waals surface area contributed by atoms with E-state index in [1.807, 2.05) is 18.7 Å². The molecule has 26 heavy (non-hydrogen) atoms. The van der Waals surface area contributed by atoms with E-state index in [-0.39, 0.29) is 18.6 Å². The Kier molecular flexibility index (Phi) is 5.37. The van der Waals surface area contributed by atoms with Gasteiger partial charge in [0.25, 0.3) is 5.91 Å². The summed E-state index contributed by atoms with van der Waals surface area (Å²) in [6.07, 6.45) is 3.98. The van der Waals surface area contributed by atoms with Gasteiger partial charge < -0.3 is 20.1 Å². The van der Waals surface area contributed by atoms with Crippen molar-refractivity contribution in [2.75, 3.05) is 24.5 Å². The van der Waals surface area contributed by atoms with Crippen molar-refractivity contribution in [3.63, 3.8) is 0 Å². The first-order valence-corrected chi connectivity index (χ1v) is 8.74. The first-order chi connectivity index (χ1) is 12.5. The van der Waals surface area contributed by atoms with Gasteiger partial charge in [-0.1, -0.05) is 0 Å². The molecule has 1 amide bonds. The van der Waals surface area contributed by atoms with Crippen LogP contribution in [0.3, 0.4) is 0 Å². The molecule has 1 saturated heterocycles. The maximum absolute atomic E-state index is 12.3. The van der Waals surface area contributed by atoms with E-state index in [2.05, 4.69) is 15.3 Å². The fraction of sp³-hybridized carbons (Fsp3) is 0.421. The van der Waals surface area contributed by atoms with E-state index < -0.39 is 5.60 Å². The Bertz CT molecular complexity index is 736. The Morgan fingerprint density at radius 2 is 2.00 bits per heavy atom. The fourth-order valence-electron chi connectivity index (χ4n) is 2.93. The summed E-state index contributed by atoms with van der Waals surface area (Å²) in [5.41, 5.74) is -0.457. The first kappa shape index (κ1) is 18.1. The van der Waals surface area contributed by atoms with Crippen molar-refractivity contribution in [2.24, 2.45) is 0 Å². The molecule has 138 valence electrons. The second-order valence-corrected chi connectivity index (χ2v) is 6.82. The topological polar surface area (TPSA) is 87.6 Å². The molecule has 0 radical (unpaired) electrons. The minimum atomic E-state index is -0.991. The van der Waals surface area contributed by atoms with Gasteiger partial charge in [-0.15, -0.1) is 0 Å². The number of carbonyl (C=O) groups excluding carboxylic acids is 1. The zero-order chi connectivity index (χ0) is 18.6. The molecular weight excluding hydrogens is 332 g/mol. The number of benzene rings is 1. The van der Waals surface area contributed by atoms with E-state index in [4.69, 9.17) is 4.74 Å². The highest BCUT2D eigenvalue weighted by molar-refractivity contribution is 5.94. The summed E-state index contributed by atoms with van der Waals surface area (Å²) < 4.78 is 5.57. The number of anilines is 1. The molecule has 1 aliphatic heterocycles. The van der Waals surface area contributed by atoms with Crippen molar-refractivity contribution in [3.05, 3.63) is 48.3 Å². The minimum Gasteiger partial charge on any atom is -0.491 e. The van der Waals surface area contributed by atoms with Crippen LogP contribution in [0.25, 0.3) is 0 Å². The summed E-state index contributed by atoms with van der Waals surface area (Å²) in [7, 11) is 0. The van der Waals surface area contributed by atoms with Crippen molar-refractivity contribution in [1.29, 1.82) is 0 Å². The van der Waals surface area contributed by atoms with E-state index in [0.717, 1.165) is 5.75 Å². The van der Waals surface area contributed by atoms with Crippen LogP contribution in [0.4, 0.5) is 5.95 Å². The summed E-state index contributed by atoms with van der Waals surface area (Å²) in [5.74, 6) is 1.10. The molecule has 0 spiro atoms. The van der Waals surface area contributed by atoms with Crippen LogP contribution in [-0.2, 0) is 0 Å². The number of aromatic nitrogens is 2. The normalized spacial score (nSPS) is 19.6. The number of amides is 1. The Labute approximate surface area is 153 Å². The van der Waals surface area contributed by atoms with E-state index in [1.54, 1.807) is 42.7 Å². The average molecular weight is 356 g/mol. The van der Waals surface area contributed by atoms with Crippen LogP contribution in [0, 0.1) is 0 Å². The fourth-order valence-corrected chi connectivity index (χ4v) is 2.93. The van der Waals surface area contributed by atoms with Gasteiger partial charge in [0.2, 0.25) is 5.95 Å². The highest BCUT2D eigenvalue weighted by Gasteiger charge is 2.37. The molecule has 1 atom stereocenters. The Hall–Kier alpha value is -2.67. The van der Waals surface area contributed by atoms with Crippen LogP contribution >= 0.6 is 0 Å². The third-order valence-corrected chi connectivity index (χ3v) is 4.23. The lowest BCUT2D eigenvalue weighted by molar-refractivity contribution is 0.0575. The second kappa shape index (κ2) is 7.70. The van der Waals surface area contributed by atoms with Crippen molar-refractivity contribution in [1.82, 2.24) is 15.3 Å². The van der Waals surface area contributed by atoms with Crippen LogP contribution in [-0.4, -0.2) is 52.3 Å². The standard InChI is InChI=1S/C19H24N4O3/c1-14(2)26-16-6-4-15(5-7-16)17(24)22-12-19(25)8-11-23(13-19)18-20-9-3-10-21-18/h3-7,9-10,14,25H,8,11-13H2,1-2H3,(H,22,24). The number of β-amino-alcohol motifs (C(OH)–C–C–N with tert-alkyl or cyclic N) is 1. The van der Waals surface area contributed by atoms with E-state index in [0.29, 0.717) is 31.0 Å². The highest BCUT2D eigenvalue weighted by atomic mass is 16.5. The Morgan fingerprint density at radius 1 is 1.31 bits per heavy atom. The predicted molar refractivity (Wildman–Crippen MR) is 98.4 cm³/mol. The molecule has 1 fully saturated rings. The molecular formula is C19H24N4O3. The summed E-state index contributed by atoms with van der Waals surface area (Å²) in [6, 6.07) is 8.73. The van der Waals surface area contributed by atoms with Crippen LogP contribution in [0.5, 0.6) is 5.75 Å². The van der Waals surface area contributed by atoms with Crippen molar-refractivity contribution in [2.45, 2.75) is 32.0 Å². The number of nitrogens with one attached hydrogen (secondary N) is 1. The van der Waals surface area contributed by atoms with Gasteiger partial charge in [-0.05, 0) is 50.6 Å². The van der Waals surface area contributed by atoms with E-state index in [1.165, 1.54) is 0 Å². The first-order valence-electron chi connectivity index (χ1n) is 8.74. The summed E-state index contributed by atoms with van der Waals surface area (Å²) in [6.45, 7) is 5.12. The summed E-state index contributed by atoms with van der Waals surface area (Å²) >= 11 is 0. The second-order valence-electron chi connectivity index (χ2n) is 6.82. The summed E-state index contributed by atoms with van der Waals surface area (Å²) in [5, 5.41) is 13.5. The molecule has 2 heterocycles. The molecule has 7 nitrogen and oxygen atoms in total. The maximum Gasteiger partial charge on any atom is 0.251 e. The predicted octanol–water partition coefficient (Wildman–Crippen LogP) is 1.63. The largest absolute Gasteiger partial charge is 0.491 e. The van der Waals surface area contributed by atoms with Crippen LogP contribution in [0.1, 0.15) is 30.6 Å². The number of ether oxygens (including phenoxy) is 1. The number of carbonyl (C=O) groups is 1. The molecule has 2 N–H and O–H groups in total. The number of aliphatic hydroxyl groups is 1. The summed E-state index contributed by atoms with van der Waals surface area (Å²) in [4.78, 5) is 22.7. The average Bonchev–Trinajstić information content (AvgIpc) is 3.03. The molecule has 2 aromatic rings. The van der Waals surface area contributed by atoms with Gasteiger partial charge in [0.15, 0.2) is 0 Å². The molecule has 3 rings (SSSR count). The number of nitrogens with zero attached hydrogens (tertiary/aromatic N) is 3. The molecule has 0 saturated carbocycles. The molecule has 1 aromatic carbocycles. The van der Waals surface area contributed by atoms with Gasteiger partial charge in [-0.2, -0.15) is 0 Å². The molecule has 1 aromatic heterocycles. The van der Waals surface area contributed by atoms with Crippen molar-refractivity contribution < 1.29 is 14.6 Å². The third kappa shape index (κ3) is 4.49. The lowest BCUT2D eigenvalue weighted by atomic mass is 10.0. The van der Waals surface area contributed by atoms with E-state index in [9.17, 15) is 9.90 Å². The van der Waals surface area contributed by atoms with Gasteiger partial charge in [-0.3, -0.25) is 4.79 Å². The van der Waals surface area contributed by atoms with Crippen LogP contribution in [0.2, 0.25) is 0 Å². The monoisotopic (exact) mass is 356 g/mol. The number of hydrogen-bond donors (Lipinski definition) is 2. The SMILES string of the molecule is CC(C)Oc1ccc(C(=O)NCC2(O)CCN(c3ncccn3)C2)cc1. The van der Waals surface area contributed by atoms with Crippen molar-refractivity contribution >= 4 is 11.9 Å². The van der Waals surface area contributed by atoms with Gasteiger partial charge >= 0.3 is 0 Å². The number of hydrogen-bond acceptors (Lipinski definition) is 6. The lowest BCUT2D eigenvalue weighted by Gasteiger charge is -2.23. The van der Waals surface area contributed by atoms with Gasteiger partial charge in [0, 0.05) is 31.0 Å². The quantitative estimate of drug-likeness (QED) is 0.818. The zero-order valence-corrected chi connectivity index (χ0v) is 15.1.